The highest BCUT2D eigenvalue weighted by Crippen LogP contribution is 2.22. The number of rotatable bonds is 6. The summed E-state index contributed by atoms with van der Waals surface area (Å²) in [5.74, 6) is -0.684. The Bertz CT molecular complexity index is 590. The fourth-order valence-electron chi connectivity index (χ4n) is 1.45. The number of aliphatic carboxylic acids is 1. The summed E-state index contributed by atoms with van der Waals surface area (Å²) >= 11 is 11.7. The summed E-state index contributed by atoms with van der Waals surface area (Å²) in [6, 6.07) is 5.16. The van der Waals surface area contributed by atoms with Crippen molar-refractivity contribution in [1.82, 2.24) is 5.32 Å². The lowest BCUT2D eigenvalue weighted by Gasteiger charge is -2.05. The van der Waals surface area contributed by atoms with E-state index in [0.29, 0.717) is 29.6 Å². The molecule has 6 N–H and O–H groups in total. The molecule has 0 fully saturated rings. The number of carboxylic acid groups (broad SMARTS) is 1. The molecule has 0 saturated heterocycles. The largest absolute Gasteiger partial charge is 0.481 e. The predicted octanol–water partition coefficient (Wildman–Crippen LogP) is 1.58. The van der Waals surface area contributed by atoms with Gasteiger partial charge in [-0.25, -0.2) is 4.99 Å². The number of carboxylic acids is 1. The van der Waals surface area contributed by atoms with Crippen LogP contribution in [0.15, 0.2) is 28.2 Å². The minimum Gasteiger partial charge on any atom is -0.481 e. The molecule has 0 saturated carbocycles. The summed E-state index contributed by atoms with van der Waals surface area (Å²) in [7, 11) is 0. The average molecular weight is 346 g/mol. The maximum absolute atomic E-state index is 10.3. The number of nitrogens with one attached hydrogen (secondary N) is 1. The van der Waals surface area contributed by atoms with Crippen LogP contribution in [0.1, 0.15) is 18.4 Å². The van der Waals surface area contributed by atoms with E-state index in [1.54, 1.807) is 18.2 Å². The van der Waals surface area contributed by atoms with E-state index in [1.807, 2.05) is 0 Å². The molecule has 0 spiro atoms. The number of nitrogens with zero attached hydrogens (tertiary/aromatic N) is 2. The molecule has 0 unspecified atom stereocenters. The zero-order valence-corrected chi connectivity index (χ0v) is 13.2. The second kappa shape index (κ2) is 9.11. The van der Waals surface area contributed by atoms with Crippen molar-refractivity contribution in [3.05, 3.63) is 33.8 Å². The van der Waals surface area contributed by atoms with Crippen molar-refractivity contribution in [2.75, 3.05) is 6.54 Å². The number of aliphatic imine (C=N–C) groups is 2. The summed E-state index contributed by atoms with van der Waals surface area (Å²) in [6.07, 6.45) is 0.440. The monoisotopic (exact) mass is 345 g/mol. The van der Waals surface area contributed by atoms with Gasteiger partial charge < -0.3 is 16.6 Å². The molecule has 0 bridgehead atoms. The summed E-state index contributed by atoms with van der Waals surface area (Å²) in [5.41, 5.74) is 12.1. The Morgan fingerprint density at radius 2 is 1.86 bits per heavy atom. The third-order valence-corrected chi connectivity index (χ3v) is 3.24. The van der Waals surface area contributed by atoms with Crippen molar-refractivity contribution in [2.45, 2.75) is 19.4 Å². The molecule has 120 valence electrons. The van der Waals surface area contributed by atoms with Crippen molar-refractivity contribution >= 4 is 41.1 Å². The normalized spacial score (nSPS) is 12.3. The van der Waals surface area contributed by atoms with Crippen LogP contribution in [-0.2, 0) is 11.3 Å². The lowest BCUT2D eigenvalue weighted by molar-refractivity contribution is -0.137. The molecule has 0 aliphatic rings. The van der Waals surface area contributed by atoms with Gasteiger partial charge in [0.05, 0.1) is 16.6 Å². The van der Waals surface area contributed by atoms with Gasteiger partial charge in [0.2, 0.25) is 0 Å². The summed E-state index contributed by atoms with van der Waals surface area (Å²) < 4.78 is 0. The average Bonchev–Trinajstić information content (AvgIpc) is 2.44. The SMILES string of the molecule is NC(=NCCCC(=O)O)NC(N)=NCc1ccc(Cl)c(Cl)c1. The van der Waals surface area contributed by atoms with Crippen molar-refractivity contribution in [2.24, 2.45) is 21.5 Å². The molecule has 0 radical (unpaired) electrons. The molecule has 0 atom stereocenters. The number of hydrogen-bond donors (Lipinski definition) is 4. The Kier molecular flexibility index (Phi) is 7.48. The van der Waals surface area contributed by atoms with Gasteiger partial charge in [-0.3, -0.25) is 15.1 Å². The van der Waals surface area contributed by atoms with E-state index in [9.17, 15) is 4.79 Å². The standard InChI is InChI=1S/C13H17Cl2N5O2/c14-9-4-3-8(6-10(9)15)7-19-13(17)20-12(16)18-5-1-2-11(21)22/h3-4,6H,1-2,5,7H2,(H,21,22)(H5,16,17,18,19,20). The Morgan fingerprint density at radius 1 is 1.18 bits per heavy atom. The fourth-order valence-corrected chi connectivity index (χ4v) is 1.78. The third kappa shape index (κ3) is 7.14. The topological polar surface area (TPSA) is 126 Å². The number of halogens is 2. The molecule has 0 amide bonds. The lowest BCUT2D eigenvalue weighted by atomic mass is 10.2. The first kappa shape index (κ1) is 18.1. The predicted molar refractivity (Wildman–Crippen MR) is 88.3 cm³/mol. The van der Waals surface area contributed by atoms with Crippen LogP contribution in [-0.4, -0.2) is 29.5 Å². The van der Waals surface area contributed by atoms with E-state index in [1.165, 1.54) is 0 Å². The van der Waals surface area contributed by atoms with Gasteiger partial charge in [0.25, 0.3) is 0 Å². The zero-order chi connectivity index (χ0) is 16.5. The maximum Gasteiger partial charge on any atom is 0.303 e. The first-order valence-corrected chi connectivity index (χ1v) is 7.16. The van der Waals surface area contributed by atoms with Crippen molar-refractivity contribution in [3.8, 4) is 0 Å². The maximum atomic E-state index is 10.3. The molecule has 0 aliphatic carbocycles. The zero-order valence-electron chi connectivity index (χ0n) is 11.7. The van der Waals surface area contributed by atoms with Gasteiger partial charge >= 0.3 is 5.97 Å². The summed E-state index contributed by atoms with van der Waals surface area (Å²) in [4.78, 5) is 18.4. The minimum absolute atomic E-state index is 0.0394. The molecule has 7 nitrogen and oxygen atoms in total. The van der Waals surface area contributed by atoms with Crippen molar-refractivity contribution < 1.29 is 9.90 Å². The van der Waals surface area contributed by atoms with Crippen LogP contribution in [0.25, 0.3) is 0 Å². The van der Waals surface area contributed by atoms with Crippen LogP contribution in [0.3, 0.4) is 0 Å². The molecule has 1 rings (SSSR count). The van der Waals surface area contributed by atoms with Crippen LogP contribution >= 0.6 is 23.2 Å². The van der Waals surface area contributed by atoms with Gasteiger partial charge in [-0.1, -0.05) is 29.3 Å². The van der Waals surface area contributed by atoms with Crippen LogP contribution in [0.4, 0.5) is 0 Å². The van der Waals surface area contributed by atoms with Gasteiger partial charge in [0, 0.05) is 13.0 Å². The molecule has 9 heteroatoms. The van der Waals surface area contributed by atoms with Crippen LogP contribution in [0.2, 0.25) is 10.0 Å². The number of nitrogens with two attached hydrogens (primary N) is 2. The van der Waals surface area contributed by atoms with E-state index < -0.39 is 5.97 Å². The molecule has 22 heavy (non-hydrogen) atoms. The minimum atomic E-state index is -0.871. The molecule has 1 aromatic carbocycles. The molecular formula is C13H17Cl2N5O2. The Balaban J connectivity index is 2.45. The molecule has 0 aromatic heterocycles. The van der Waals surface area contributed by atoms with E-state index in [0.717, 1.165) is 5.56 Å². The third-order valence-electron chi connectivity index (χ3n) is 2.50. The molecule has 1 aromatic rings. The van der Waals surface area contributed by atoms with E-state index in [4.69, 9.17) is 39.8 Å². The summed E-state index contributed by atoms with van der Waals surface area (Å²) in [6.45, 7) is 0.604. The van der Waals surface area contributed by atoms with Gasteiger partial charge in [-0.2, -0.15) is 0 Å². The second-order valence-electron chi connectivity index (χ2n) is 4.34. The summed E-state index contributed by atoms with van der Waals surface area (Å²) in [5, 5.41) is 12.0. The van der Waals surface area contributed by atoms with Crippen LogP contribution in [0.5, 0.6) is 0 Å². The number of benzene rings is 1. The number of carbonyl (C=O) groups is 1. The first-order valence-electron chi connectivity index (χ1n) is 6.41. The van der Waals surface area contributed by atoms with E-state index in [2.05, 4.69) is 15.3 Å². The quantitative estimate of drug-likeness (QED) is 0.353. The van der Waals surface area contributed by atoms with E-state index in [-0.39, 0.29) is 18.3 Å². The Labute approximate surface area is 138 Å². The fraction of sp³-hybridized carbons (Fsp3) is 0.308. The molecular weight excluding hydrogens is 329 g/mol. The van der Waals surface area contributed by atoms with Gasteiger partial charge in [-0.05, 0) is 24.1 Å². The highest BCUT2D eigenvalue weighted by molar-refractivity contribution is 6.42. The highest BCUT2D eigenvalue weighted by atomic mass is 35.5. The Hall–Kier alpha value is -1.99. The smallest absolute Gasteiger partial charge is 0.303 e. The van der Waals surface area contributed by atoms with Gasteiger partial charge in [-0.15, -0.1) is 0 Å². The van der Waals surface area contributed by atoms with Crippen molar-refractivity contribution in [1.29, 1.82) is 0 Å². The van der Waals surface area contributed by atoms with Gasteiger partial charge in [0.1, 0.15) is 0 Å². The van der Waals surface area contributed by atoms with E-state index >= 15 is 0 Å². The number of guanidine groups is 2. The Morgan fingerprint density at radius 3 is 2.50 bits per heavy atom. The van der Waals surface area contributed by atoms with Gasteiger partial charge in [0.15, 0.2) is 11.9 Å². The molecule has 0 heterocycles. The van der Waals surface area contributed by atoms with Crippen LogP contribution in [0, 0.1) is 0 Å². The first-order chi connectivity index (χ1) is 10.4. The van der Waals surface area contributed by atoms with Crippen LogP contribution < -0.4 is 16.8 Å². The van der Waals surface area contributed by atoms with Crippen molar-refractivity contribution in [3.63, 3.8) is 0 Å². The number of hydrogen-bond acceptors (Lipinski definition) is 3. The molecule has 0 aliphatic heterocycles. The lowest BCUT2D eigenvalue weighted by Crippen LogP contribution is -2.41. The second-order valence-corrected chi connectivity index (χ2v) is 5.15. The highest BCUT2D eigenvalue weighted by Gasteiger charge is 2.00.